The van der Waals surface area contributed by atoms with Crippen molar-refractivity contribution in [2.75, 3.05) is 11.1 Å². The predicted octanol–water partition coefficient (Wildman–Crippen LogP) is 2.79. The van der Waals surface area contributed by atoms with Crippen LogP contribution in [0.1, 0.15) is 16.1 Å². The van der Waals surface area contributed by atoms with Gasteiger partial charge in [-0.2, -0.15) is 4.98 Å². The van der Waals surface area contributed by atoms with Crippen molar-refractivity contribution in [2.45, 2.75) is 6.92 Å². The van der Waals surface area contributed by atoms with E-state index in [2.05, 4.69) is 30.2 Å². The number of nitrogens with zero attached hydrogens (tertiary/aromatic N) is 7. The van der Waals surface area contributed by atoms with Crippen LogP contribution in [0, 0.1) is 6.92 Å². The van der Waals surface area contributed by atoms with Crippen LogP contribution in [0.15, 0.2) is 67.3 Å². The summed E-state index contributed by atoms with van der Waals surface area (Å²) in [4.78, 5) is 38.6. The number of pyridine rings is 2. The van der Waals surface area contributed by atoms with Crippen molar-refractivity contribution in [1.29, 1.82) is 0 Å². The van der Waals surface area contributed by atoms with Gasteiger partial charge in [-0.15, -0.1) is 0 Å². The van der Waals surface area contributed by atoms with E-state index in [-0.39, 0.29) is 11.9 Å². The Morgan fingerprint density at radius 2 is 1.88 bits per heavy atom. The number of amides is 1. The summed E-state index contributed by atoms with van der Waals surface area (Å²) in [7, 11) is 0. The monoisotopic (exact) mass is 423 g/mol. The number of aromatic nitrogens is 7. The zero-order chi connectivity index (χ0) is 22.1. The largest absolute Gasteiger partial charge is 0.368 e. The number of nitrogen functional groups attached to an aromatic ring is 1. The van der Waals surface area contributed by atoms with Crippen molar-refractivity contribution < 1.29 is 4.79 Å². The lowest BCUT2D eigenvalue weighted by Gasteiger charge is -2.07. The number of carbonyl (C=O) groups excluding carboxylic acids is 1. The number of rotatable bonds is 4. The Bertz CT molecular complexity index is 1450. The van der Waals surface area contributed by atoms with Gasteiger partial charge in [0.05, 0.1) is 17.0 Å². The van der Waals surface area contributed by atoms with E-state index >= 15 is 0 Å². The smallest absolute Gasteiger partial charge is 0.258 e. The number of aryl methyl sites for hydroxylation is 1. The minimum Gasteiger partial charge on any atom is -0.368 e. The summed E-state index contributed by atoms with van der Waals surface area (Å²) >= 11 is 0. The SMILES string of the molecule is Cc1cccc(-c2nc3nc(NC(=O)c4cccnc4)ccn3c2-c2ccnc(N)n2)n1. The van der Waals surface area contributed by atoms with Gasteiger partial charge in [0.2, 0.25) is 11.7 Å². The number of anilines is 2. The van der Waals surface area contributed by atoms with E-state index in [4.69, 9.17) is 10.7 Å². The third-order valence-electron chi connectivity index (χ3n) is 4.71. The predicted molar refractivity (Wildman–Crippen MR) is 119 cm³/mol. The molecule has 156 valence electrons. The van der Waals surface area contributed by atoms with Gasteiger partial charge in [0, 0.05) is 30.5 Å². The first kappa shape index (κ1) is 19.2. The number of hydrogen-bond acceptors (Lipinski definition) is 8. The maximum atomic E-state index is 12.5. The maximum Gasteiger partial charge on any atom is 0.258 e. The zero-order valence-electron chi connectivity index (χ0n) is 17.0. The third-order valence-corrected chi connectivity index (χ3v) is 4.71. The van der Waals surface area contributed by atoms with E-state index in [1.54, 1.807) is 47.3 Å². The van der Waals surface area contributed by atoms with Crippen LogP contribution in [-0.4, -0.2) is 40.2 Å². The van der Waals surface area contributed by atoms with Crippen LogP contribution < -0.4 is 11.1 Å². The normalized spacial score (nSPS) is 10.9. The Kier molecular flexibility index (Phi) is 4.71. The first-order valence-corrected chi connectivity index (χ1v) is 9.72. The van der Waals surface area contributed by atoms with E-state index in [9.17, 15) is 4.79 Å². The molecule has 32 heavy (non-hydrogen) atoms. The van der Waals surface area contributed by atoms with E-state index in [1.807, 2.05) is 25.1 Å². The molecule has 3 N–H and O–H groups in total. The molecule has 0 saturated heterocycles. The molecule has 0 saturated carbocycles. The number of imidazole rings is 1. The van der Waals surface area contributed by atoms with Gasteiger partial charge >= 0.3 is 0 Å². The van der Waals surface area contributed by atoms with E-state index in [0.29, 0.717) is 39.9 Å². The molecule has 0 bridgehead atoms. The summed E-state index contributed by atoms with van der Waals surface area (Å²) < 4.78 is 1.78. The maximum absolute atomic E-state index is 12.5. The molecule has 0 aliphatic carbocycles. The summed E-state index contributed by atoms with van der Waals surface area (Å²) in [5, 5.41) is 2.77. The highest BCUT2D eigenvalue weighted by atomic mass is 16.1. The van der Waals surface area contributed by atoms with Crippen LogP contribution in [0.3, 0.4) is 0 Å². The Balaban J connectivity index is 1.63. The van der Waals surface area contributed by atoms with Crippen LogP contribution in [-0.2, 0) is 0 Å². The minimum atomic E-state index is -0.314. The Hall–Kier alpha value is -4.73. The Morgan fingerprint density at radius 1 is 0.969 bits per heavy atom. The summed E-state index contributed by atoms with van der Waals surface area (Å²) in [6.45, 7) is 1.91. The minimum absolute atomic E-state index is 0.147. The average Bonchev–Trinajstić information content (AvgIpc) is 3.18. The second-order valence-electron chi connectivity index (χ2n) is 6.95. The molecule has 1 amide bonds. The van der Waals surface area contributed by atoms with Crippen molar-refractivity contribution >= 4 is 23.5 Å². The molecule has 5 heterocycles. The van der Waals surface area contributed by atoms with Gasteiger partial charge < -0.3 is 11.1 Å². The summed E-state index contributed by atoms with van der Waals surface area (Å²) in [5.41, 5.74) is 9.62. The van der Waals surface area contributed by atoms with Gasteiger partial charge in [-0.1, -0.05) is 6.07 Å². The number of nitrogens with two attached hydrogens (primary N) is 1. The molecule has 0 aliphatic rings. The highest BCUT2D eigenvalue weighted by Crippen LogP contribution is 2.31. The molecule has 0 aromatic carbocycles. The Morgan fingerprint density at radius 3 is 2.66 bits per heavy atom. The topological polar surface area (TPSA) is 137 Å². The van der Waals surface area contributed by atoms with Gasteiger partial charge in [-0.25, -0.2) is 15.0 Å². The lowest BCUT2D eigenvalue weighted by molar-refractivity contribution is 0.102. The molecule has 5 aromatic rings. The van der Waals surface area contributed by atoms with Gasteiger partial charge in [-0.05, 0) is 43.3 Å². The lowest BCUT2D eigenvalue weighted by atomic mass is 10.1. The molecule has 0 radical (unpaired) electrons. The summed E-state index contributed by atoms with van der Waals surface area (Å²) in [6.07, 6.45) is 6.44. The molecule has 0 fully saturated rings. The Labute approximate surface area is 182 Å². The number of nitrogens with one attached hydrogen (secondary N) is 1. The molecular weight excluding hydrogens is 406 g/mol. The first-order valence-electron chi connectivity index (χ1n) is 9.72. The van der Waals surface area contributed by atoms with E-state index < -0.39 is 0 Å². The van der Waals surface area contributed by atoms with Crippen LogP contribution in [0.5, 0.6) is 0 Å². The van der Waals surface area contributed by atoms with Crippen molar-refractivity contribution in [2.24, 2.45) is 0 Å². The summed E-state index contributed by atoms with van der Waals surface area (Å²) in [6, 6.07) is 12.5. The third kappa shape index (κ3) is 3.60. The molecule has 0 unspecified atom stereocenters. The highest BCUT2D eigenvalue weighted by molar-refractivity contribution is 6.03. The van der Waals surface area contributed by atoms with E-state index in [0.717, 1.165) is 5.69 Å². The van der Waals surface area contributed by atoms with Gasteiger partial charge in [-0.3, -0.25) is 19.2 Å². The fourth-order valence-electron chi connectivity index (χ4n) is 3.29. The molecule has 10 heteroatoms. The van der Waals surface area contributed by atoms with Gasteiger partial charge in [0.1, 0.15) is 17.2 Å². The lowest BCUT2D eigenvalue weighted by Crippen LogP contribution is -2.13. The van der Waals surface area contributed by atoms with Gasteiger partial charge in [0.25, 0.3) is 5.91 Å². The van der Waals surface area contributed by atoms with Crippen molar-refractivity contribution in [3.63, 3.8) is 0 Å². The zero-order valence-corrected chi connectivity index (χ0v) is 17.0. The molecule has 0 spiro atoms. The van der Waals surface area contributed by atoms with Crippen LogP contribution >= 0.6 is 0 Å². The quantitative estimate of drug-likeness (QED) is 0.450. The number of fused-ring (bicyclic) bond motifs is 1. The van der Waals surface area contributed by atoms with Crippen molar-refractivity contribution in [3.8, 4) is 22.8 Å². The number of hydrogen-bond donors (Lipinski definition) is 2. The van der Waals surface area contributed by atoms with Crippen LogP contribution in [0.2, 0.25) is 0 Å². The fraction of sp³-hybridized carbons (Fsp3) is 0.0455. The molecule has 0 aliphatic heterocycles. The first-order chi connectivity index (χ1) is 15.6. The fourth-order valence-corrected chi connectivity index (χ4v) is 3.29. The highest BCUT2D eigenvalue weighted by Gasteiger charge is 2.20. The van der Waals surface area contributed by atoms with Crippen LogP contribution in [0.25, 0.3) is 28.6 Å². The van der Waals surface area contributed by atoms with Crippen LogP contribution in [0.4, 0.5) is 11.8 Å². The molecule has 0 atom stereocenters. The summed E-state index contributed by atoms with van der Waals surface area (Å²) in [5.74, 6) is 0.563. The molecule has 10 nitrogen and oxygen atoms in total. The van der Waals surface area contributed by atoms with E-state index in [1.165, 1.54) is 6.20 Å². The second-order valence-corrected chi connectivity index (χ2v) is 6.95. The standard InChI is InChI=1S/C22H17N9O/c1-13-4-2-6-15(26-13)18-19(16-7-10-25-21(23)27-16)31-11-8-17(29-22(31)30-18)28-20(32)14-5-3-9-24-12-14/h2-12H,1H3,(H2,23,25,27)(H,28,29,30,32). The average molecular weight is 423 g/mol. The van der Waals surface area contributed by atoms with Gasteiger partial charge in [0.15, 0.2) is 0 Å². The second kappa shape index (κ2) is 7.84. The molecular formula is C22H17N9O. The van der Waals surface area contributed by atoms with Crippen molar-refractivity contribution in [3.05, 3.63) is 78.5 Å². The molecule has 5 rings (SSSR count). The van der Waals surface area contributed by atoms with Crippen molar-refractivity contribution in [1.82, 2.24) is 34.3 Å². The number of carbonyl (C=O) groups is 1. The molecule has 5 aromatic heterocycles.